The molecule has 1 unspecified atom stereocenters. The van der Waals surface area contributed by atoms with E-state index in [0.29, 0.717) is 22.9 Å². The zero-order valence-corrected chi connectivity index (χ0v) is 18.9. The van der Waals surface area contributed by atoms with Crippen LogP contribution in [0.1, 0.15) is 20.3 Å². The summed E-state index contributed by atoms with van der Waals surface area (Å²) in [4.78, 5) is 25.6. The molecule has 0 spiro atoms. The van der Waals surface area contributed by atoms with Crippen molar-refractivity contribution in [2.24, 2.45) is 0 Å². The molecule has 154 valence electrons. The highest BCUT2D eigenvalue weighted by molar-refractivity contribution is 9.10. The van der Waals surface area contributed by atoms with Crippen molar-refractivity contribution in [2.45, 2.75) is 37.2 Å². The Hall–Kier alpha value is -2.65. The number of hydrogen-bond acceptors (Lipinski definition) is 5. The highest BCUT2D eigenvalue weighted by Crippen LogP contribution is 2.26. The standard InChI is InChI=1S/C21H20BrN5O2S/c1-3-12-26-19(29)16-6-4-5-7-17(16)27-20(26)24-25-21(27)30-13(2)18(28)23-15-10-8-14(22)9-11-15/h4-11,13H,3,12H2,1-2H3,(H,23,28). The molecular weight excluding hydrogens is 466 g/mol. The molecule has 0 fully saturated rings. The molecule has 0 aliphatic carbocycles. The second-order valence-corrected chi connectivity index (χ2v) is 9.07. The van der Waals surface area contributed by atoms with Crippen LogP contribution in [0.25, 0.3) is 16.7 Å². The fourth-order valence-corrected chi connectivity index (χ4v) is 4.34. The number of amides is 1. The van der Waals surface area contributed by atoms with Crippen LogP contribution in [0.5, 0.6) is 0 Å². The van der Waals surface area contributed by atoms with Gasteiger partial charge in [-0.3, -0.25) is 18.6 Å². The number of benzene rings is 2. The topological polar surface area (TPSA) is 81.3 Å². The summed E-state index contributed by atoms with van der Waals surface area (Å²) in [6, 6.07) is 14.8. The summed E-state index contributed by atoms with van der Waals surface area (Å²) in [5.74, 6) is 0.355. The number of thioether (sulfide) groups is 1. The van der Waals surface area contributed by atoms with Crippen molar-refractivity contribution in [2.75, 3.05) is 5.32 Å². The summed E-state index contributed by atoms with van der Waals surface area (Å²) in [6.45, 7) is 4.39. The Morgan fingerprint density at radius 3 is 2.63 bits per heavy atom. The summed E-state index contributed by atoms with van der Waals surface area (Å²) < 4.78 is 4.45. The summed E-state index contributed by atoms with van der Waals surface area (Å²) in [7, 11) is 0. The molecule has 1 atom stereocenters. The molecular formula is C21H20BrN5O2S. The molecule has 30 heavy (non-hydrogen) atoms. The zero-order chi connectivity index (χ0) is 21.3. The number of carbonyl (C=O) groups is 1. The third-order valence-corrected chi connectivity index (χ3v) is 6.26. The minimum absolute atomic E-state index is 0.0788. The number of anilines is 1. The third kappa shape index (κ3) is 3.87. The van der Waals surface area contributed by atoms with E-state index < -0.39 is 5.25 Å². The van der Waals surface area contributed by atoms with E-state index in [1.54, 1.807) is 10.6 Å². The average molecular weight is 486 g/mol. The molecule has 2 aromatic carbocycles. The number of nitrogens with one attached hydrogen (secondary N) is 1. The predicted molar refractivity (Wildman–Crippen MR) is 123 cm³/mol. The van der Waals surface area contributed by atoms with E-state index in [4.69, 9.17) is 0 Å². The van der Waals surface area contributed by atoms with Crippen molar-refractivity contribution in [1.82, 2.24) is 19.2 Å². The number of rotatable bonds is 6. The molecule has 7 nitrogen and oxygen atoms in total. The van der Waals surface area contributed by atoms with Gasteiger partial charge in [-0.25, -0.2) is 0 Å². The number of carbonyl (C=O) groups excluding carboxylic acids is 1. The first kappa shape index (κ1) is 20.6. The molecule has 1 N–H and O–H groups in total. The van der Waals surface area contributed by atoms with Gasteiger partial charge in [0, 0.05) is 16.7 Å². The largest absolute Gasteiger partial charge is 0.325 e. The Morgan fingerprint density at radius 1 is 1.17 bits per heavy atom. The molecule has 0 radical (unpaired) electrons. The predicted octanol–water partition coefficient (Wildman–Crippen LogP) is 4.34. The van der Waals surface area contributed by atoms with E-state index in [2.05, 4.69) is 31.4 Å². The van der Waals surface area contributed by atoms with Gasteiger partial charge in [0.15, 0.2) is 5.16 Å². The number of aromatic nitrogens is 4. The Balaban J connectivity index is 1.70. The van der Waals surface area contributed by atoms with Crippen molar-refractivity contribution in [1.29, 1.82) is 0 Å². The second kappa shape index (κ2) is 8.61. The van der Waals surface area contributed by atoms with E-state index in [0.717, 1.165) is 22.1 Å². The number of fused-ring (bicyclic) bond motifs is 3. The van der Waals surface area contributed by atoms with E-state index in [-0.39, 0.29) is 11.5 Å². The van der Waals surface area contributed by atoms with Crippen LogP contribution < -0.4 is 10.9 Å². The summed E-state index contributed by atoms with van der Waals surface area (Å²) in [5.41, 5.74) is 1.38. The van der Waals surface area contributed by atoms with Gasteiger partial charge in [-0.2, -0.15) is 0 Å². The van der Waals surface area contributed by atoms with Gasteiger partial charge in [-0.15, -0.1) is 10.2 Å². The number of halogens is 1. The molecule has 0 bridgehead atoms. The van der Waals surface area contributed by atoms with Crippen LogP contribution >= 0.6 is 27.7 Å². The van der Waals surface area contributed by atoms with E-state index in [1.165, 1.54) is 11.8 Å². The van der Waals surface area contributed by atoms with Gasteiger partial charge in [-0.05, 0) is 49.7 Å². The van der Waals surface area contributed by atoms with Crippen molar-refractivity contribution in [3.05, 3.63) is 63.4 Å². The molecule has 1 amide bonds. The Morgan fingerprint density at radius 2 is 1.90 bits per heavy atom. The van der Waals surface area contributed by atoms with E-state index in [1.807, 2.05) is 60.7 Å². The second-order valence-electron chi connectivity index (χ2n) is 6.85. The van der Waals surface area contributed by atoms with Crippen LogP contribution in [0.2, 0.25) is 0 Å². The van der Waals surface area contributed by atoms with Crippen LogP contribution in [0, 0.1) is 0 Å². The Labute approximate surface area is 185 Å². The van der Waals surface area contributed by atoms with Crippen LogP contribution in [0.3, 0.4) is 0 Å². The lowest BCUT2D eigenvalue weighted by Crippen LogP contribution is -2.24. The van der Waals surface area contributed by atoms with Gasteiger partial charge in [0.05, 0.1) is 16.2 Å². The van der Waals surface area contributed by atoms with E-state index >= 15 is 0 Å². The Bertz CT molecular complexity index is 1280. The van der Waals surface area contributed by atoms with Gasteiger partial charge >= 0.3 is 0 Å². The van der Waals surface area contributed by atoms with Gasteiger partial charge in [-0.1, -0.05) is 46.7 Å². The third-order valence-electron chi connectivity index (χ3n) is 4.69. The fraction of sp³-hybridized carbons (Fsp3) is 0.238. The maximum absolute atomic E-state index is 12.9. The molecule has 9 heteroatoms. The first-order chi connectivity index (χ1) is 14.5. The minimum atomic E-state index is -0.411. The SMILES string of the molecule is CCCn1c(=O)c2ccccc2n2c(SC(C)C(=O)Nc3ccc(Br)cc3)nnc12. The molecule has 0 saturated carbocycles. The maximum Gasteiger partial charge on any atom is 0.262 e. The van der Waals surface area contributed by atoms with Crippen LogP contribution in [-0.2, 0) is 11.3 Å². The van der Waals surface area contributed by atoms with Crippen LogP contribution in [-0.4, -0.2) is 30.3 Å². The molecule has 0 saturated heterocycles. The lowest BCUT2D eigenvalue weighted by molar-refractivity contribution is -0.115. The number of para-hydroxylation sites is 1. The highest BCUT2D eigenvalue weighted by atomic mass is 79.9. The molecule has 0 aliphatic rings. The Kier molecular flexibility index (Phi) is 5.92. The minimum Gasteiger partial charge on any atom is -0.325 e. The molecule has 0 aliphatic heterocycles. The van der Waals surface area contributed by atoms with Gasteiger partial charge in [0.2, 0.25) is 11.7 Å². The average Bonchev–Trinajstić information content (AvgIpc) is 3.16. The number of aryl methyl sites for hydroxylation is 1. The summed E-state index contributed by atoms with van der Waals surface area (Å²) in [6.07, 6.45) is 0.801. The molecule has 4 rings (SSSR count). The molecule has 2 aromatic heterocycles. The van der Waals surface area contributed by atoms with Crippen LogP contribution in [0.4, 0.5) is 5.69 Å². The molecule has 4 aromatic rings. The van der Waals surface area contributed by atoms with Gasteiger partial charge < -0.3 is 5.32 Å². The van der Waals surface area contributed by atoms with E-state index in [9.17, 15) is 9.59 Å². The van der Waals surface area contributed by atoms with Crippen LogP contribution in [0.15, 0.2) is 63.0 Å². The first-order valence-corrected chi connectivity index (χ1v) is 11.3. The summed E-state index contributed by atoms with van der Waals surface area (Å²) in [5, 5.41) is 12.3. The van der Waals surface area contributed by atoms with Crippen molar-refractivity contribution in [3.63, 3.8) is 0 Å². The number of nitrogens with zero attached hydrogens (tertiary/aromatic N) is 4. The van der Waals surface area contributed by atoms with Gasteiger partial charge in [0.1, 0.15) is 0 Å². The fourth-order valence-electron chi connectivity index (χ4n) is 3.22. The smallest absolute Gasteiger partial charge is 0.262 e. The highest BCUT2D eigenvalue weighted by Gasteiger charge is 2.21. The summed E-state index contributed by atoms with van der Waals surface area (Å²) >= 11 is 4.70. The zero-order valence-electron chi connectivity index (χ0n) is 16.5. The van der Waals surface area contributed by atoms with Gasteiger partial charge in [0.25, 0.3) is 5.56 Å². The normalized spacial score (nSPS) is 12.4. The maximum atomic E-state index is 12.9. The number of hydrogen-bond donors (Lipinski definition) is 1. The first-order valence-electron chi connectivity index (χ1n) is 9.59. The monoisotopic (exact) mass is 485 g/mol. The molecule has 2 heterocycles. The quantitative estimate of drug-likeness (QED) is 0.411. The van der Waals surface area contributed by atoms with Crippen molar-refractivity contribution < 1.29 is 4.79 Å². The lowest BCUT2D eigenvalue weighted by Gasteiger charge is -2.13. The van der Waals surface area contributed by atoms with Crippen molar-refractivity contribution >= 4 is 56.0 Å². The lowest BCUT2D eigenvalue weighted by atomic mass is 10.2. The van der Waals surface area contributed by atoms with Crippen molar-refractivity contribution in [3.8, 4) is 0 Å².